The Kier molecular flexibility index (Phi) is 8.07. The molecule has 4 aromatic carbocycles. The Morgan fingerprint density at radius 3 is 1.84 bits per heavy atom. The largest absolute Gasteiger partial charge is 0.305 e. The number of rotatable bonds is 11. The van der Waals surface area contributed by atoms with Crippen LogP contribution in [0.1, 0.15) is 73.2 Å². The first-order valence-corrected chi connectivity index (χ1v) is 16.0. The lowest BCUT2D eigenvalue weighted by molar-refractivity contribution is 0.0590. The van der Waals surface area contributed by atoms with E-state index in [0.29, 0.717) is 53.6 Å². The van der Waals surface area contributed by atoms with Gasteiger partial charge in [0.25, 0.3) is 23.6 Å². The first-order valence-electron chi connectivity index (χ1n) is 14.8. The van der Waals surface area contributed by atoms with Gasteiger partial charge in [-0.25, -0.2) is 0 Å². The first-order chi connectivity index (χ1) is 20.8. The van der Waals surface area contributed by atoms with Crippen molar-refractivity contribution >= 4 is 56.9 Å². The Bertz CT molecular complexity index is 1710. The average molecular weight is 594 g/mol. The first kappa shape index (κ1) is 29.1. The fourth-order valence-corrected chi connectivity index (χ4v) is 7.08. The summed E-state index contributed by atoms with van der Waals surface area (Å²) in [5, 5.41) is 3.42. The summed E-state index contributed by atoms with van der Waals surface area (Å²) in [6.45, 7) is 6.33. The van der Waals surface area contributed by atoms with Gasteiger partial charge in [0.05, 0.1) is 0 Å². The maximum absolute atomic E-state index is 13.3. The Morgan fingerprint density at radius 2 is 1.21 bits per heavy atom. The maximum atomic E-state index is 13.3. The van der Waals surface area contributed by atoms with Crippen molar-refractivity contribution in [2.75, 3.05) is 44.7 Å². The summed E-state index contributed by atoms with van der Waals surface area (Å²) in [5.41, 5.74) is 3.52. The molecule has 6 rings (SSSR count). The number of nitrogens with zero attached hydrogens (tertiary/aromatic N) is 3. The molecule has 0 saturated carbocycles. The van der Waals surface area contributed by atoms with Crippen molar-refractivity contribution in [3.8, 4) is 0 Å². The maximum Gasteiger partial charge on any atom is 0.261 e. The fourth-order valence-electron chi connectivity index (χ4n) is 6.24. The van der Waals surface area contributed by atoms with Gasteiger partial charge in [-0.2, -0.15) is 11.8 Å². The zero-order chi connectivity index (χ0) is 30.2. The van der Waals surface area contributed by atoms with Crippen LogP contribution >= 0.6 is 11.8 Å². The van der Waals surface area contributed by atoms with E-state index >= 15 is 0 Å². The van der Waals surface area contributed by atoms with Crippen LogP contribution in [0.4, 0.5) is 0 Å². The third-order valence-corrected chi connectivity index (χ3v) is 9.54. The minimum Gasteiger partial charge on any atom is -0.305 e. The van der Waals surface area contributed by atoms with Crippen LogP contribution < -0.4 is 0 Å². The second-order valence-electron chi connectivity index (χ2n) is 11.6. The molecule has 2 aliphatic rings. The lowest BCUT2D eigenvalue weighted by atomic mass is 9.88. The molecule has 0 fully saturated rings. The van der Waals surface area contributed by atoms with Crippen molar-refractivity contribution < 1.29 is 19.2 Å². The summed E-state index contributed by atoms with van der Waals surface area (Å²) in [7, 11) is 1.99. The molecule has 0 radical (unpaired) electrons. The molecule has 0 spiro atoms. The summed E-state index contributed by atoms with van der Waals surface area (Å²) in [4.78, 5) is 57.8. The smallest absolute Gasteiger partial charge is 0.261 e. The van der Waals surface area contributed by atoms with Gasteiger partial charge in [0, 0.05) is 58.4 Å². The van der Waals surface area contributed by atoms with Gasteiger partial charge in [0.1, 0.15) is 0 Å². The minimum atomic E-state index is -0.237. The van der Waals surface area contributed by atoms with Crippen molar-refractivity contribution in [3.05, 3.63) is 94.5 Å². The molecular weight excluding hydrogens is 558 g/mol. The summed E-state index contributed by atoms with van der Waals surface area (Å²) in [6.07, 6.45) is 0.910. The van der Waals surface area contributed by atoms with Gasteiger partial charge >= 0.3 is 0 Å². The molecule has 7 nitrogen and oxygen atoms in total. The lowest BCUT2D eigenvalue weighted by Gasteiger charge is -2.29. The van der Waals surface area contributed by atoms with Gasteiger partial charge in [0.15, 0.2) is 0 Å². The van der Waals surface area contributed by atoms with E-state index in [-0.39, 0.29) is 23.6 Å². The number of amides is 4. The van der Waals surface area contributed by atoms with Crippen molar-refractivity contribution in [1.82, 2.24) is 14.7 Å². The van der Waals surface area contributed by atoms with Crippen molar-refractivity contribution in [3.63, 3.8) is 0 Å². The van der Waals surface area contributed by atoms with E-state index < -0.39 is 0 Å². The van der Waals surface area contributed by atoms with Gasteiger partial charge in [-0.15, -0.1) is 0 Å². The number of benzene rings is 4. The Labute approximate surface area is 255 Å². The second-order valence-corrected chi connectivity index (χ2v) is 12.8. The number of hydrogen-bond acceptors (Lipinski definition) is 6. The van der Waals surface area contributed by atoms with Crippen LogP contribution in [-0.2, 0) is 0 Å². The minimum absolute atomic E-state index is 0.218. The highest BCUT2D eigenvalue weighted by molar-refractivity contribution is 7.99. The molecule has 0 aliphatic carbocycles. The molecular formula is C35H35N3O4S. The van der Waals surface area contributed by atoms with Crippen LogP contribution in [0.5, 0.6) is 0 Å². The zero-order valence-corrected chi connectivity index (χ0v) is 25.6. The molecule has 0 atom stereocenters. The molecule has 43 heavy (non-hydrogen) atoms. The highest BCUT2D eigenvalue weighted by Gasteiger charge is 2.34. The molecule has 2 aliphatic heterocycles. The molecule has 2 heterocycles. The van der Waals surface area contributed by atoms with Crippen LogP contribution in [0.15, 0.2) is 66.7 Å². The number of thioether (sulfide) groups is 1. The number of imide groups is 2. The normalized spacial score (nSPS) is 14.7. The molecule has 0 unspecified atom stereocenters. The highest BCUT2D eigenvalue weighted by Crippen LogP contribution is 2.35. The summed E-state index contributed by atoms with van der Waals surface area (Å²) in [6, 6.07) is 20.8. The summed E-state index contributed by atoms with van der Waals surface area (Å²) >= 11 is 1.72. The van der Waals surface area contributed by atoms with E-state index in [1.165, 1.54) is 9.80 Å². The number of carbonyl (C=O) groups is 4. The quantitative estimate of drug-likeness (QED) is 0.155. The van der Waals surface area contributed by atoms with Gasteiger partial charge in [-0.05, 0) is 72.3 Å². The zero-order valence-electron chi connectivity index (χ0n) is 24.8. The molecule has 0 saturated heterocycles. The van der Waals surface area contributed by atoms with Crippen LogP contribution in [0, 0.1) is 0 Å². The molecule has 4 amide bonds. The molecule has 8 heteroatoms. The lowest BCUT2D eigenvalue weighted by Crippen LogP contribution is -2.44. The second kappa shape index (κ2) is 11.9. The van der Waals surface area contributed by atoms with Crippen molar-refractivity contribution in [2.45, 2.75) is 26.2 Å². The number of hydrogen-bond donors (Lipinski definition) is 0. The summed E-state index contributed by atoms with van der Waals surface area (Å²) in [5.74, 6) is 0.930. The number of carbonyl (C=O) groups excluding carboxylic acids is 4. The summed E-state index contributed by atoms with van der Waals surface area (Å²) < 4.78 is 0. The molecule has 0 N–H and O–H groups in total. The van der Waals surface area contributed by atoms with Gasteiger partial charge in [-0.1, -0.05) is 56.3 Å². The van der Waals surface area contributed by atoms with E-state index in [2.05, 4.69) is 18.7 Å². The topological polar surface area (TPSA) is 78.0 Å². The van der Waals surface area contributed by atoms with Crippen molar-refractivity contribution in [1.29, 1.82) is 0 Å². The average Bonchev–Trinajstić information content (AvgIpc) is 3.01. The van der Waals surface area contributed by atoms with E-state index in [0.717, 1.165) is 45.8 Å². The monoisotopic (exact) mass is 593 g/mol. The van der Waals surface area contributed by atoms with Crippen molar-refractivity contribution in [2.24, 2.45) is 0 Å². The third kappa shape index (κ3) is 5.23. The van der Waals surface area contributed by atoms with Gasteiger partial charge in [0.2, 0.25) is 0 Å². The predicted octanol–water partition coefficient (Wildman–Crippen LogP) is 6.06. The Balaban J connectivity index is 0.975. The van der Waals surface area contributed by atoms with Crippen LogP contribution in [0.3, 0.4) is 0 Å². The van der Waals surface area contributed by atoms with Crippen LogP contribution in [0.2, 0.25) is 0 Å². The molecule has 0 aromatic heterocycles. The third-order valence-electron chi connectivity index (χ3n) is 8.50. The SMILES string of the molecule is CC(C)c1ccc2c3c(cccc13)C(=O)N(CCSCCCN(C)CCN1C(=O)c3cccc4cccc(c34)C1=O)C2=O. The van der Waals surface area contributed by atoms with E-state index in [9.17, 15) is 19.2 Å². The van der Waals surface area contributed by atoms with E-state index in [4.69, 9.17) is 0 Å². The fraction of sp³-hybridized carbons (Fsp3) is 0.314. The standard InChI is InChI=1S/C35H35N3O4S/c1-22(2)24-14-15-29-31-25(24)10-6-13-28(31)34(41)38(35(29)42)19-21-43-20-7-16-36(3)17-18-37-32(39)26-11-4-8-23-9-5-12-27(30(23)26)33(37)40/h4-6,8-15,22H,7,16-21H2,1-3H3. The predicted molar refractivity (Wildman–Crippen MR) is 172 cm³/mol. The van der Waals surface area contributed by atoms with Crippen LogP contribution in [0.25, 0.3) is 21.5 Å². The van der Waals surface area contributed by atoms with Crippen LogP contribution in [-0.4, -0.2) is 83.1 Å². The molecule has 4 aromatic rings. The van der Waals surface area contributed by atoms with E-state index in [1.807, 2.05) is 61.6 Å². The molecule has 220 valence electrons. The highest BCUT2D eigenvalue weighted by atomic mass is 32.2. The Hall–Kier alpha value is -4.01. The number of likely N-dealkylation sites (N-methyl/N-ethyl adjacent to an activating group) is 1. The Morgan fingerprint density at radius 1 is 0.651 bits per heavy atom. The van der Waals surface area contributed by atoms with Gasteiger partial charge < -0.3 is 4.90 Å². The molecule has 0 bridgehead atoms. The van der Waals surface area contributed by atoms with Gasteiger partial charge in [-0.3, -0.25) is 29.0 Å². The van der Waals surface area contributed by atoms with E-state index in [1.54, 1.807) is 23.9 Å².